The lowest BCUT2D eigenvalue weighted by Crippen LogP contribution is -2.41. The molecule has 0 amide bonds. The van der Waals surface area contributed by atoms with Gasteiger partial charge in [-0.05, 0) is 24.8 Å². The van der Waals surface area contributed by atoms with E-state index in [1.165, 1.54) is 0 Å². The van der Waals surface area contributed by atoms with Crippen molar-refractivity contribution >= 4 is 11.7 Å². The van der Waals surface area contributed by atoms with Crippen molar-refractivity contribution in [3.05, 3.63) is 23.9 Å². The second kappa shape index (κ2) is 5.87. The van der Waals surface area contributed by atoms with Crippen molar-refractivity contribution in [1.29, 1.82) is 0 Å². The van der Waals surface area contributed by atoms with Crippen LogP contribution in [0.5, 0.6) is 0 Å². The SMILES string of the molecule is NC(N)=NC1=CCC(CC(N)C(=O)C(F)(F)F)C=C1. The van der Waals surface area contributed by atoms with Gasteiger partial charge in [0, 0.05) is 0 Å². The number of hydrogen-bond donors (Lipinski definition) is 3. The van der Waals surface area contributed by atoms with Gasteiger partial charge in [0.05, 0.1) is 11.7 Å². The first-order valence-electron chi connectivity index (χ1n) is 5.54. The summed E-state index contributed by atoms with van der Waals surface area (Å²) < 4.78 is 36.5. The smallest absolute Gasteiger partial charge is 0.370 e. The lowest BCUT2D eigenvalue weighted by Gasteiger charge is -2.19. The molecule has 19 heavy (non-hydrogen) atoms. The van der Waals surface area contributed by atoms with Gasteiger partial charge in [0.2, 0.25) is 0 Å². The standard InChI is InChI=1S/C11H15F3N4O/c12-11(13,14)9(19)8(15)5-6-1-3-7(4-2-6)18-10(16)17/h1,3-4,6,8H,2,5,15H2,(H4,16,17,18). The quantitative estimate of drug-likeness (QED) is 0.515. The fraction of sp³-hybridized carbons (Fsp3) is 0.455. The van der Waals surface area contributed by atoms with Crippen molar-refractivity contribution in [2.45, 2.75) is 25.1 Å². The van der Waals surface area contributed by atoms with Crippen LogP contribution in [0.2, 0.25) is 0 Å². The molecule has 2 atom stereocenters. The number of hydrogen-bond acceptors (Lipinski definition) is 3. The molecule has 8 heteroatoms. The van der Waals surface area contributed by atoms with Crippen LogP contribution in [0.25, 0.3) is 0 Å². The van der Waals surface area contributed by atoms with E-state index in [1.807, 2.05) is 0 Å². The summed E-state index contributed by atoms with van der Waals surface area (Å²) in [5.74, 6) is -2.24. The highest BCUT2D eigenvalue weighted by molar-refractivity contribution is 5.88. The summed E-state index contributed by atoms with van der Waals surface area (Å²) in [5, 5.41) is 0. The minimum atomic E-state index is -4.89. The van der Waals surface area contributed by atoms with Crippen LogP contribution in [0.15, 0.2) is 28.9 Å². The highest BCUT2D eigenvalue weighted by Gasteiger charge is 2.42. The van der Waals surface area contributed by atoms with E-state index < -0.39 is 18.0 Å². The van der Waals surface area contributed by atoms with E-state index in [2.05, 4.69) is 4.99 Å². The Bertz CT molecular complexity index is 436. The van der Waals surface area contributed by atoms with Crippen molar-refractivity contribution < 1.29 is 18.0 Å². The third-order valence-corrected chi connectivity index (χ3v) is 2.60. The molecule has 0 saturated carbocycles. The van der Waals surface area contributed by atoms with Gasteiger partial charge in [-0.2, -0.15) is 13.2 Å². The number of rotatable bonds is 4. The Labute approximate surface area is 108 Å². The van der Waals surface area contributed by atoms with E-state index in [1.54, 1.807) is 18.2 Å². The Morgan fingerprint density at radius 2 is 2.11 bits per heavy atom. The maximum absolute atomic E-state index is 12.2. The van der Waals surface area contributed by atoms with E-state index in [4.69, 9.17) is 17.2 Å². The normalized spacial score (nSPS) is 20.6. The molecule has 0 saturated heterocycles. The number of carbonyl (C=O) groups is 1. The molecule has 0 aromatic rings. The number of halogens is 3. The highest BCUT2D eigenvalue weighted by atomic mass is 19.4. The monoisotopic (exact) mass is 276 g/mol. The van der Waals surface area contributed by atoms with Gasteiger partial charge >= 0.3 is 6.18 Å². The third kappa shape index (κ3) is 4.74. The number of carbonyl (C=O) groups excluding carboxylic acids is 1. The zero-order chi connectivity index (χ0) is 14.6. The summed E-state index contributed by atoms with van der Waals surface area (Å²) in [6, 6.07) is -1.55. The second-order valence-corrected chi connectivity index (χ2v) is 4.22. The molecular formula is C11H15F3N4O. The van der Waals surface area contributed by atoms with E-state index >= 15 is 0 Å². The average Bonchev–Trinajstić information content (AvgIpc) is 2.28. The van der Waals surface area contributed by atoms with Crippen molar-refractivity contribution in [2.75, 3.05) is 0 Å². The van der Waals surface area contributed by atoms with Gasteiger partial charge in [0.1, 0.15) is 0 Å². The Balaban J connectivity index is 2.55. The molecule has 0 heterocycles. The van der Waals surface area contributed by atoms with Gasteiger partial charge in [-0.15, -0.1) is 0 Å². The van der Waals surface area contributed by atoms with Crippen LogP contribution < -0.4 is 17.2 Å². The molecule has 1 aliphatic rings. The minimum Gasteiger partial charge on any atom is -0.370 e. The lowest BCUT2D eigenvalue weighted by molar-refractivity contribution is -0.172. The number of nitrogens with two attached hydrogens (primary N) is 3. The Kier molecular flexibility index (Phi) is 4.71. The van der Waals surface area contributed by atoms with Gasteiger partial charge < -0.3 is 17.2 Å². The topological polar surface area (TPSA) is 107 Å². The van der Waals surface area contributed by atoms with Gasteiger partial charge in [0.25, 0.3) is 5.78 Å². The van der Waals surface area contributed by atoms with Crippen LogP contribution in [-0.2, 0) is 4.79 Å². The second-order valence-electron chi connectivity index (χ2n) is 4.22. The van der Waals surface area contributed by atoms with Gasteiger partial charge in [-0.25, -0.2) is 4.99 Å². The molecule has 0 aromatic carbocycles. The number of aliphatic imine (C=N–C) groups is 1. The highest BCUT2D eigenvalue weighted by Crippen LogP contribution is 2.24. The van der Waals surface area contributed by atoms with E-state index in [0.29, 0.717) is 12.1 Å². The molecule has 0 bridgehead atoms. The summed E-state index contributed by atoms with van der Waals surface area (Å²) >= 11 is 0. The largest absolute Gasteiger partial charge is 0.451 e. The predicted octanol–water partition coefficient (Wildman–Crippen LogP) is 0.569. The third-order valence-electron chi connectivity index (χ3n) is 2.60. The first-order valence-corrected chi connectivity index (χ1v) is 5.54. The van der Waals surface area contributed by atoms with Crippen LogP contribution in [0, 0.1) is 5.92 Å². The van der Waals surface area contributed by atoms with Crippen LogP contribution in [0.1, 0.15) is 12.8 Å². The number of nitrogens with zero attached hydrogens (tertiary/aromatic N) is 1. The van der Waals surface area contributed by atoms with Crippen molar-refractivity contribution in [3.8, 4) is 0 Å². The van der Waals surface area contributed by atoms with Crippen LogP contribution in [-0.4, -0.2) is 24.0 Å². The first kappa shape index (κ1) is 15.2. The molecule has 1 rings (SSSR count). The van der Waals surface area contributed by atoms with Crippen LogP contribution in [0.3, 0.4) is 0 Å². The summed E-state index contributed by atoms with van der Waals surface area (Å²) in [6.45, 7) is 0. The fourth-order valence-electron chi connectivity index (χ4n) is 1.70. The Morgan fingerprint density at radius 1 is 1.47 bits per heavy atom. The summed E-state index contributed by atoms with van der Waals surface area (Å²) in [7, 11) is 0. The molecule has 2 unspecified atom stereocenters. The predicted molar refractivity (Wildman–Crippen MR) is 64.8 cm³/mol. The maximum atomic E-state index is 12.2. The summed E-state index contributed by atoms with van der Waals surface area (Å²) in [6.07, 6.45) is 0.373. The number of alkyl halides is 3. The fourth-order valence-corrected chi connectivity index (χ4v) is 1.70. The zero-order valence-electron chi connectivity index (χ0n) is 10.0. The maximum Gasteiger partial charge on any atom is 0.451 e. The Hall–Kier alpha value is -1.83. The molecule has 106 valence electrons. The molecule has 0 fully saturated rings. The van der Waals surface area contributed by atoms with Crippen LogP contribution >= 0.6 is 0 Å². The molecular weight excluding hydrogens is 261 g/mol. The van der Waals surface area contributed by atoms with E-state index in [9.17, 15) is 18.0 Å². The molecule has 0 radical (unpaired) electrons. The molecule has 5 nitrogen and oxygen atoms in total. The van der Waals surface area contributed by atoms with Crippen molar-refractivity contribution in [3.63, 3.8) is 0 Å². The van der Waals surface area contributed by atoms with E-state index in [-0.39, 0.29) is 18.3 Å². The average molecular weight is 276 g/mol. The minimum absolute atomic E-state index is 0.0690. The number of guanidine groups is 1. The Morgan fingerprint density at radius 3 is 2.53 bits per heavy atom. The zero-order valence-corrected chi connectivity index (χ0v) is 10.0. The molecule has 0 aliphatic heterocycles. The van der Waals surface area contributed by atoms with E-state index in [0.717, 1.165) is 0 Å². The molecule has 0 aromatic heterocycles. The molecule has 6 N–H and O–H groups in total. The van der Waals surface area contributed by atoms with Crippen molar-refractivity contribution in [2.24, 2.45) is 28.1 Å². The number of Topliss-reactive ketones (excluding diaryl/α,β-unsaturated/α-hetero) is 1. The first-order chi connectivity index (χ1) is 8.70. The number of ketones is 1. The van der Waals surface area contributed by atoms with Gasteiger partial charge in [-0.3, -0.25) is 4.79 Å². The summed E-state index contributed by atoms with van der Waals surface area (Å²) in [5.41, 5.74) is 16.2. The summed E-state index contributed by atoms with van der Waals surface area (Å²) in [4.78, 5) is 14.7. The van der Waals surface area contributed by atoms with Gasteiger partial charge in [-0.1, -0.05) is 12.2 Å². The van der Waals surface area contributed by atoms with Gasteiger partial charge in [0.15, 0.2) is 5.96 Å². The van der Waals surface area contributed by atoms with Crippen molar-refractivity contribution in [1.82, 2.24) is 0 Å². The molecule has 0 spiro atoms. The number of allylic oxidation sites excluding steroid dienone is 3. The molecule has 1 aliphatic carbocycles. The lowest BCUT2D eigenvalue weighted by atomic mass is 9.91. The van der Waals surface area contributed by atoms with Crippen LogP contribution in [0.4, 0.5) is 13.2 Å².